The number of nitrogens with two attached hydrogens (primary N) is 1. The van der Waals surface area contributed by atoms with Gasteiger partial charge in [-0.25, -0.2) is 13.3 Å². The summed E-state index contributed by atoms with van der Waals surface area (Å²) >= 11 is 1.30. The molecule has 1 aromatic rings. The van der Waals surface area contributed by atoms with Crippen molar-refractivity contribution >= 4 is 43.1 Å². The Bertz CT molecular complexity index is 1120. The summed E-state index contributed by atoms with van der Waals surface area (Å²) in [7, 11) is 1.31. The van der Waals surface area contributed by atoms with Crippen LogP contribution in [0, 0.1) is 5.82 Å². The molecule has 0 spiro atoms. The molecule has 1 fully saturated rings. The van der Waals surface area contributed by atoms with E-state index in [2.05, 4.69) is 24.2 Å². The first-order valence-electron chi connectivity index (χ1n) is 13.1. The van der Waals surface area contributed by atoms with Gasteiger partial charge in [-0.05, 0) is 70.2 Å². The SMILES string of the molecule is C/C=C(\C=C/CS(=O)NCCCN1CCCCC1)NCC1=C(C)CC(N)=C(C(=O)c2c(F)cccc2P)S1. The van der Waals surface area contributed by atoms with Gasteiger partial charge in [-0.15, -0.1) is 9.24 Å². The summed E-state index contributed by atoms with van der Waals surface area (Å²) in [6.45, 7) is 8.62. The molecule has 2 aliphatic rings. The number of ketones is 1. The number of Topliss-reactive ketones (excluding diaryl/α,β-unsaturated/α-hetero) is 1. The summed E-state index contributed by atoms with van der Waals surface area (Å²) in [5, 5.41) is 3.90. The summed E-state index contributed by atoms with van der Waals surface area (Å²) in [5.41, 5.74) is 8.70. The summed E-state index contributed by atoms with van der Waals surface area (Å²) in [6, 6.07) is 4.56. The number of halogens is 1. The van der Waals surface area contributed by atoms with E-state index in [0.29, 0.717) is 34.6 Å². The second-order valence-electron chi connectivity index (χ2n) is 9.53. The number of nitrogens with one attached hydrogen (secondary N) is 2. The molecular formula is C28H40FN4O2PS2. The van der Waals surface area contributed by atoms with Crippen molar-refractivity contribution in [2.45, 2.75) is 46.0 Å². The van der Waals surface area contributed by atoms with Crippen molar-refractivity contribution in [3.05, 3.63) is 74.6 Å². The van der Waals surface area contributed by atoms with E-state index in [9.17, 15) is 13.4 Å². The van der Waals surface area contributed by atoms with Crippen LogP contribution < -0.4 is 21.1 Å². The van der Waals surface area contributed by atoms with E-state index in [4.69, 9.17) is 5.73 Å². The normalized spacial score (nSPS) is 18.4. The molecule has 38 heavy (non-hydrogen) atoms. The van der Waals surface area contributed by atoms with E-state index in [1.54, 1.807) is 12.1 Å². The van der Waals surface area contributed by atoms with E-state index in [-0.39, 0.29) is 5.56 Å². The minimum absolute atomic E-state index is 0.0417. The number of allylic oxidation sites excluding steroid dienone is 4. The molecule has 3 rings (SSSR count). The van der Waals surface area contributed by atoms with Gasteiger partial charge in [-0.1, -0.05) is 48.0 Å². The van der Waals surface area contributed by atoms with Gasteiger partial charge >= 0.3 is 0 Å². The molecule has 2 aliphatic heterocycles. The summed E-state index contributed by atoms with van der Waals surface area (Å²) < 4.78 is 29.8. The molecule has 2 atom stereocenters. The third kappa shape index (κ3) is 9.16. The maximum atomic E-state index is 14.4. The van der Waals surface area contributed by atoms with Crippen molar-refractivity contribution in [3.8, 4) is 0 Å². The lowest BCUT2D eigenvalue weighted by Crippen LogP contribution is -2.32. The Balaban J connectivity index is 1.46. The number of rotatable bonds is 13. The molecule has 0 radical (unpaired) electrons. The summed E-state index contributed by atoms with van der Waals surface area (Å²) in [4.78, 5) is 17.0. The minimum atomic E-state index is -1.11. The molecule has 2 unspecified atom stereocenters. The molecule has 1 saturated heterocycles. The summed E-state index contributed by atoms with van der Waals surface area (Å²) in [6.07, 6.45) is 11.2. The molecule has 0 aliphatic carbocycles. The fraction of sp³-hybridized carbons (Fsp3) is 0.464. The Hall–Kier alpha value is -1.77. The van der Waals surface area contributed by atoms with Gasteiger partial charge < -0.3 is 16.0 Å². The first-order chi connectivity index (χ1) is 18.3. The molecule has 0 aromatic heterocycles. The van der Waals surface area contributed by atoms with Gasteiger partial charge in [0.25, 0.3) is 0 Å². The number of likely N-dealkylation sites (tertiary alicyclic amines) is 1. The molecule has 10 heteroatoms. The fourth-order valence-corrected chi connectivity index (χ4v) is 6.62. The summed E-state index contributed by atoms with van der Waals surface area (Å²) in [5.74, 6) is -0.515. The van der Waals surface area contributed by atoms with E-state index in [1.807, 2.05) is 32.1 Å². The third-order valence-corrected chi connectivity index (χ3v) is 9.49. The van der Waals surface area contributed by atoms with Crippen LogP contribution in [0.2, 0.25) is 0 Å². The monoisotopic (exact) mass is 578 g/mol. The zero-order chi connectivity index (χ0) is 27.5. The largest absolute Gasteiger partial charge is 0.401 e. The van der Waals surface area contributed by atoms with Crippen molar-refractivity contribution in [1.82, 2.24) is 14.9 Å². The van der Waals surface area contributed by atoms with Crippen LogP contribution in [0.1, 0.15) is 56.3 Å². The van der Waals surface area contributed by atoms with Gasteiger partial charge in [0, 0.05) is 35.8 Å². The van der Waals surface area contributed by atoms with Gasteiger partial charge in [0.2, 0.25) is 5.78 Å². The maximum absolute atomic E-state index is 14.4. The van der Waals surface area contributed by atoms with Crippen LogP contribution in [0.5, 0.6) is 0 Å². The average Bonchev–Trinajstić information content (AvgIpc) is 2.90. The first-order valence-corrected chi connectivity index (χ1v) is 15.9. The Kier molecular flexibility index (Phi) is 12.7. The standard InChI is InChI=1S/C28H40FN4O2PS2/c1-3-21(10-8-17-38(35)32-13-9-16-33-14-5-4-6-15-33)31-19-25-20(2)18-23(30)28(37-25)27(34)26-22(29)11-7-12-24(26)36/h3,7-8,10-12,31-32H,4-6,9,13-19,30,36H2,1-2H3/b10-8-,21-3+. The molecule has 0 amide bonds. The molecule has 1 aromatic carbocycles. The number of nitrogens with zero attached hydrogens (tertiary/aromatic N) is 1. The number of thioether (sulfide) groups is 1. The number of hydrogen-bond donors (Lipinski definition) is 3. The molecule has 208 valence electrons. The highest BCUT2D eigenvalue weighted by atomic mass is 32.2. The van der Waals surface area contributed by atoms with Gasteiger partial charge in [-0.2, -0.15) is 0 Å². The Morgan fingerprint density at radius 1 is 1.29 bits per heavy atom. The minimum Gasteiger partial charge on any atom is -0.401 e. The van der Waals surface area contributed by atoms with E-state index >= 15 is 0 Å². The number of piperidine rings is 1. The van der Waals surface area contributed by atoms with Crippen molar-refractivity contribution in [1.29, 1.82) is 0 Å². The van der Waals surface area contributed by atoms with Crippen molar-refractivity contribution in [2.75, 3.05) is 38.5 Å². The van der Waals surface area contributed by atoms with Crippen LogP contribution in [-0.2, 0) is 11.0 Å². The average molecular weight is 579 g/mol. The topological polar surface area (TPSA) is 87.5 Å². The predicted molar refractivity (Wildman–Crippen MR) is 163 cm³/mol. The molecule has 0 saturated carbocycles. The highest BCUT2D eigenvalue weighted by Crippen LogP contribution is 2.38. The van der Waals surface area contributed by atoms with Crippen LogP contribution >= 0.6 is 21.0 Å². The maximum Gasteiger partial charge on any atom is 0.205 e. The number of carbonyl (C=O) groups is 1. The number of hydrogen-bond acceptors (Lipinski definition) is 6. The van der Waals surface area contributed by atoms with Crippen LogP contribution in [0.3, 0.4) is 0 Å². The third-order valence-electron chi connectivity index (χ3n) is 6.60. The van der Waals surface area contributed by atoms with E-state index < -0.39 is 22.6 Å². The van der Waals surface area contributed by atoms with E-state index in [1.165, 1.54) is 50.2 Å². The van der Waals surface area contributed by atoms with Crippen molar-refractivity contribution in [2.24, 2.45) is 5.73 Å². The lowest BCUT2D eigenvalue weighted by molar-refractivity contribution is 0.103. The molecule has 0 bridgehead atoms. The van der Waals surface area contributed by atoms with Gasteiger partial charge in [-0.3, -0.25) is 4.79 Å². The molecule has 2 heterocycles. The lowest BCUT2D eigenvalue weighted by Gasteiger charge is -2.26. The van der Waals surface area contributed by atoms with Crippen LogP contribution in [0.4, 0.5) is 4.39 Å². The second-order valence-corrected chi connectivity index (χ2v) is 12.6. The van der Waals surface area contributed by atoms with Gasteiger partial charge in [0.05, 0.1) is 27.2 Å². The second kappa shape index (κ2) is 15.7. The van der Waals surface area contributed by atoms with Gasteiger partial charge in [0.15, 0.2) is 0 Å². The van der Waals surface area contributed by atoms with Crippen molar-refractivity contribution in [3.63, 3.8) is 0 Å². The van der Waals surface area contributed by atoms with Crippen LogP contribution in [0.15, 0.2) is 63.2 Å². The molecule has 4 N–H and O–H groups in total. The number of benzene rings is 1. The highest BCUT2D eigenvalue weighted by molar-refractivity contribution is 8.07. The highest BCUT2D eigenvalue weighted by Gasteiger charge is 2.26. The smallest absolute Gasteiger partial charge is 0.205 e. The first kappa shape index (κ1) is 30.8. The molecule has 6 nitrogen and oxygen atoms in total. The van der Waals surface area contributed by atoms with Crippen LogP contribution in [-0.4, -0.2) is 53.4 Å². The number of carbonyl (C=O) groups excluding carboxylic acids is 1. The quantitative estimate of drug-likeness (QED) is 0.140. The van der Waals surface area contributed by atoms with Crippen molar-refractivity contribution < 1.29 is 13.4 Å². The van der Waals surface area contributed by atoms with Gasteiger partial charge in [0.1, 0.15) is 5.82 Å². The zero-order valence-electron chi connectivity index (χ0n) is 22.4. The fourth-order valence-electron chi connectivity index (χ4n) is 4.45. The lowest BCUT2D eigenvalue weighted by atomic mass is 10.1. The van der Waals surface area contributed by atoms with Crippen LogP contribution in [0.25, 0.3) is 0 Å². The predicted octanol–water partition coefficient (Wildman–Crippen LogP) is 4.27. The molecular weight excluding hydrogens is 538 g/mol. The zero-order valence-corrected chi connectivity index (χ0v) is 25.1. The Labute approximate surface area is 235 Å². The van der Waals surface area contributed by atoms with E-state index in [0.717, 1.165) is 35.7 Å². The Morgan fingerprint density at radius 2 is 2.05 bits per heavy atom. The Morgan fingerprint density at radius 3 is 2.76 bits per heavy atom.